The van der Waals surface area contributed by atoms with Crippen molar-refractivity contribution in [2.24, 2.45) is 0 Å². The summed E-state index contributed by atoms with van der Waals surface area (Å²) in [6.45, 7) is 3.68. The van der Waals surface area contributed by atoms with E-state index >= 15 is 0 Å². The molecule has 0 aliphatic rings. The van der Waals surface area contributed by atoms with Crippen molar-refractivity contribution in [3.8, 4) is 0 Å². The summed E-state index contributed by atoms with van der Waals surface area (Å²) in [4.78, 5) is 11.6. The second kappa shape index (κ2) is 7.34. The van der Waals surface area contributed by atoms with Crippen molar-refractivity contribution in [3.63, 3.8) is 0 Å². The molecule has 2 aromatic rings. The molecule has 0 amide bonds. The molecule has 0 spiro atoms. The van der Waals surface area contributed by atoms with Crippen molar-refractivity contribution >= 4 is 27.6 Å². The van der Waals surface area contributed by atoms with E-state index in [9.17, 15) is 13.2 Å². The highest BCUT2D eigenvalue weighted by atomic mass is 35.5. The molecule has 0 aromatic heterocycles. The van der Waals surface area contributed by atoms with Crippen LogP contribution in [0.5, 0.6) is 0 Å². The Morgan fingerprint density at radius 3 is 2.50 bits per heavy atom. The maximum absolute atomic E-state index is 12.6. The highest BCUT2D eigenvalue weighted by molar-refractivity contribution is 7.89. The fourth-order valence-corrected chi connectivity index (χ4v) is 3.82. The van der Waals surface area contributed by atoms with Crippen LogP contribution in [0, 0.1) is 6.92 Å². The lowest BCUT2D eigenvalue weighted by atomic mass is 10.0. The first-order valence-corrected chi connectivity index (χ1v) is 9.08. The number of hydrogen-bond donors (Lipinski definition) is 1. The van der Waals surface area contributed by atoms with Crippen LogP contribution in [0.4, 0.5) is 0 Å². The molecule has 0 heterocycles. The molecule has 0 radical (unpaired) electrons. The third kappa shape index (κ3) is 3.95. The van der Waals surface area contributed by atoms with E-state index in [2.05, 4.69) is 9.46 Å². The summed E-state index contributed by atoms with van der Waals surface area (Å²) in [6, 6.07) is 11.0. The molecule has 0 aliphatic carbocycles. The molecule has 1 atom stereocenters. The maximum Gasteiger partial charge on any atom is 0.339 e. The Bertz CT molecular complexity index is 865. The first-order chi connectivity index (χ1) is 11.3. The van der Waals surface area contributed by atoms with Crippen LogP contribution in [-0.2, 0) is 14.8 Å². The summed E-state index contributed by atoms with van der Waals surface area (Å²) in [5.74, 6) is -0.691. The van der Waals surface area contributed by atoms with Gasteiger partial charge in [0.2, 0.25) is 10.0 Å². The van der Waals surface area contributed by atoms with Gasteiger partial charge in [-0.25, -0.2) is 17.9 Å². The van der Waals surface area contributed by atoms with Crippen molar-refractivity contribution in [1.82, 2.24) is 4.72 Å². The monoisotopic (exact) mass is 367 g/mol. The Morgan fingerprint density at radius 1 is 1.21 bits per heavy atom. The van der Waals surface area contributed by atoms with Crippen LogP contribution in [0.2, 0.25) is 5.02 Å². The standard InChI is InChI=1S/C17H18ClNO4S/c1-11-6-4-5-7-14(11)12(2)19-24(21,22)13-8-9-16(18)15(10-13)17(20)23-3/h4-10,12,19H,1-3H3/t12-/m0/s1. The summed E-state index contributed by atoms with van der Waals surface area (Å²) in [6.07, 6.45) is 0. The van der Waals surface area contributed by atoms with Crippen LogP contribution in [-0.4, -0.2) is 21.5 Å². The van der Waals surface area contributed by atoms with Crippen molar-refractivity contribution in [2.75, 3.05) is 7.11 Å². The van der Waals surface area contributed by atoms with Gasteiger partial charge in [0, 0.05) is 6.04 Å². The zero-order valence-corrected chi connectivity index (χ0v) is 15.1. The molecule has 2 aromatic carbocycles. The van der Waals surface area contributed by atoms with Crippen LogP contribution in [0.15, 0.2) is 47.4 Å². The van der Waals surface area contributed by atoms with E-state index in [0.29, 0.717) is 0 Å². The van der Waals surface area contributed by atoms with E-state index in [-0.39, 0.29) is 15.5 Å². The molecule has 0 aliphatic heterocycles. The second-order valence-corrected chi connectivity index (χ2v) is 7.45. The van der Waals surface area contributed by atoms with Crippen LogP contribution in [0.1, 0.15) is 34.5 Å². The lowest BCUT2D eigenvalue weighted by Crippen LogP contribution is -2.27. The molecule has 1 N–H and O–H groups in total. The number of aryl methyl sites for hydroxylation is 1. The average Bonchev–Trinajstić information content (AvgIpc) is 2.54. The lowest BCUT2D eigenvalue weighted by Gasteiger charge is -2.17. The Labute approximate surface area is 146 Å². The van der Waals surface area contributed by atoms with Gasteiger partial charge in [0.15, 0.2) is 0 Å². The van der Waals surface area contributed by atoms with Gasteiger partial charge in [0.1, 0.15) is 0 Å². The van der Waals surface area contributed by atoms with E-state index in [1.807, 2.05) is 31.2 Å². The fourth-order valence-electron chi connectivity index (χ4n) is 2.37. The van der Waals surface area contributed by atoms with Gasteiger partial charge in [-0.3, -0.25) is 0 Å². The number of benzene rings is 2. The van der Waals surface area contributed by atoms with E-state index in [4.69, 9.17) is 11.6 Å². The topological polar surface area (TPSA) is 72.5 Å². The third-order valence-corrected chi connectivity index (χ3v) is 5.51. The van der Waals surface area contributed by atoms with Crippen molar-refractivity contribution in [3.05, 3.63) is 64.2 Å². The van der Waals surface area contributed by atoms with E-state index in [1.54, 1.807) is 6.92 Å². The predicted molar refractivity (Wildman–Crippen MR) is 92.7 cm³/mol. The number of ether oxygens (including phenoxy) is 1. The summed E-state index contributed by atoms with van der Waals surface area (Å²) in [5.41, 5.74) is 1.87. The number of methoxy groups -OCH3 is 1. The highest BCUT2D eigenvalue weighted by Crippen LogP contribution is 2.24. The predicted octanol–water partition coefficient (Wildman–Crippen LogP) is 3.47. The number of esters is 1. The van der Waals surface area contributed by atoms with Gasteiger partial charge in [-0.05, 0) is 43.2 Å². The number of rotatable bonds is 5. The van der Waals surface area contributed by atoms with Crippen molar-refractivity contribution < 1.29 is 17.9 Å². The number of carbonyl (C=O) groups is 1. The minimum Gasteiger partial charge on any atom is -0.465 e. The van der Waals surface area contributed by atoms with Gasteiger partial charge in [-0.2, -0.15) is 0 Å². The van der Waals surface area contributed by atoms with Crippen LogP contribution in [0.3, 0.4) is 0 Å². The summed E-state index contributed by atoms with van der Waals surface area (Å²) in [7, 11) is -2.62. The molecule has 7 heteroatoms. The average molecular weight is 368 g/mol. The number of sulfonamides is 1. The molecule has 0 saturated carbocycles. The molecular formula is C17H18ClNO4S. The van der Waals surface area contributed by atoms with Crippen molar-refractivity contribution in [1.29, 1.82) is 0 Å². The van der Waals surface area contributed by atoms with E-state index < -0.39 is 22.0 Å². The SMILES string of the molecule is COC(=O)c1cc(S(=O)(=O)N[C@@H](C)c2ccccc2C)ccc1Cl. The first-order valence-electron chi connectivity index (χ1n) is 7.22. The number of nitrogens with one attached hydrogen (secondary N) is 1. The quantitative estimate of drug-likeness (QED) is 0.821. The smallest absolute Gasteiger partial charge is 0.339 e. The fraction of sp³-hybridized carbons (Fsp3) is 0.235. The van der Waals surface area contributed by atoms with Crippen LogP contribution < -0.4 is 4.72 Å². The van der Waals surface area contributed by atoms with Gasteiger partial charge in [0.05, 0.1) is 22.6 Å². The summed E-state index contributed by atoms with van der Waals surface area (Å²) in [5, 5.41) is 0.132. The number of carbonyl (C=O) groups excluding carboxylic acids is 1. The third-order valence-electron chi connectivity index (χ3n) is 3.64. The molecule has 5 nitrogen and oxygen atoms in total. The minimum atomic E-state index is -3.82. The van der Waals surface area contributed by atoms with Gasteiger partial charge in [-0.15, -0.1) is 0 Å². The summed E-state index contributed by atoms with van der Waals surface area (Å²) >= 11 is 5.93. The number of halogens is 1. The zero-order valence-electron chi connectivity index (χ0n) is 13.5. The van der Waals surface area contributed by atoms with E-state index in [1.165, 1.54) is 25.3 Å². The molecule has 0 saturated heterocycles. The Kier molecular flexibility index (Phi) is 5.64. The Hall–Kier alpha value is -1.89. The Balaban J connectivity index is 2.34. The van der Waals surface area contributed by atoms with Gasteiger partial charge in [0.25, 0.3) is 0 Å². The molecule has 0 bridgehead atoms. The molecule has 0 unspecified atom stereocenters. The normalized spacial score (nSPS) is 12.7. The molecule has 24 heavy (non-hydrogen) atoms. The lowest BCUT2D eigenvalue weighted by molar-refractivity contribution is 0.0600. The molecule has 2 rings (SSSR count). The Morgan fingerprint density at radius 2 is 1.88 bits per heavy atom. The zero-order chi connectivity index (χ0) is 17.9. The molecule has 128 valence electrons. The molecular weight excluding hydrogens is 350 g/mol. The van der Waals surface area contributed by atoms with Gasteiger partial charge < -0.3 is 4.74 Å². The van der Waals surface area contributed by atoms with Crippen LogP contribution in [0.25, 0.3) is 0 Å². The first kappa shape index (κ1) is 18.4. The minimum absolute atomic E-state index is 0.00517. The van der Waals surface area contributed by atoms with Crippen molar-refractivity contribution in [2.45, 2.75) is 24.8 Å². The molecule has 0 fully saturated rings. The van der Waals surface area contributed by atoms with Gasteiger partial charge in [-0.1, -0.05) is 35.9 Å². The van der Waals surface area contributed by atoms with Crippen LogP contribution >= 0.6 is 11.6 Å². The second-order valence-electron chi connectivity index (χ2n) is 5.33. The van der Waals surface area contributed by atoms with Gasteiger partial charge >= 0.3 is 5.97 Å². The highest BCUT2D eigenvalue weighted by Gasteiger charge is 2.22. The maximum atomic E-state index is 12.6. The largest absolute Gasteiger partial charge is 0.465 e. The number of hydrogen-bond acceptors (Lipinski definition) is 4. The summed E-state index contributed by atoms with van der Waals surface area (Å²) < 4.78 is 32.4. The van der Waals surface area contributed by atoms with E-state index in [0.717, 1.165) is 11.1 Å².